The van der Waals surface area contributed by atoms with Crippen LogP contribution in [0.1, 0.15) is 38.3 Å². The van der Waals surface area contributed by atoms with Crippen molar-refractivity contribution in [2.45, 2.75) is 50.2 Å². The van der Waals surface area contributed by atoms with Crippen LogP contribution in [0.25, 0.3) is 0 Å². The summed E-state index contributed by atoms with van der Waals surface area (Å²) in [5, 5.41) is 4.03. The molecule has 20 heavy (non-hydrogen) atoms. The average molecular weight is 299 g/mol. The molecule has 1 aromatic heterocycles. The number of rotatable bonds is 5. The van der Waals surface area contributed by atoms with Crippen molar-refractivity contribution in [3.8, 4) is 0 Å². The lowest BCUT2D eigenvalue weighted by molar-refractivity contribution is 0.154. The van der Waals surface area contributed by atoms with Gasteiger partial charge in [0.15, 0.2) is 0 Å². The van der Waals surface area contributed by atoms with Crippen molar-refractivity contribution in [2.75, 3.05) is 13.7 Å². The zero-order chi connectivity index (χ0) is 14.6. The predicted octanol–water partition coefficient (Wildman–Crippen LogP) is 1.85. The molecule has 2 rings (SSSR count). The second-order valence-corrected chi connectivity index (χ2v) is 6.07. The maximum atomic E-state index is 6.50. The number of halogens is 1. The number of hydrogen-bond acceptors (Lipinski definition) is 5. The molecule has 1 heterocycles. The Balaban J connectivity index is 1.93. The SMILES string of the molecule is COCC(C)NC1CCC(N)(c2cc(Cl)ncn2)CC1. The minimum atomic E-state index is -0.380. The van der Waals surface area contributed by atoms with Crippen LogP contribution in [0.4, 0.5) is 0 Å². The van der Waals surface area contributed by atoms with Crippen molar-refractivity contribution in [3.63, 3.8) is 0 Å². The van der Waals surface area contributed by atoms with Gasteiger partial charge >= 0.3 is 0 Å². The summed E-state index contributed by atoms with van der Waals surface area (Å²) >= 11 is 5.93. The Labute approximate surface area is 125 Å². The summed E-state index contributed by atoms with van der Waals surface area (Å²) in [6, 6.07) is 2.64. The molecular formula is C14H23ClN4O. The van der Waals surface area contributed by atoms with E-state index < -0.39 is 0 Å². The summed E-state index contributed by atoms with van der Waals surface area (Å²) in [6.07, 6.45) is 5.35. The van der Waals surface area contributed by atoms with E-state index in [1.54, 1.807) is 13.2 Å². The lowest BCUT2D eigenvalue weighted by Gasteiger charge is -2.38. The topological polar surface area (TPSA) is 73.1 Å². The van der Waals surface area contributed by atoms with Gasteiger partial charge < -0.3 is 15.8 Å². The molecule has 0 radical (unpaired) electrons. The zero-order valence-electron chi connectivity index (χ0n) is 12.1. The number of nitrogens with zero attached hydrogens (tertiary/aromatic N) is 2. The molecule has 0 saturated heterocycles. The molecule has 0 amide bonds. The molecule has 1 saturated carbocycles. The zero-order valence-corrected chi connectivity index (χ0v) is 12.9. The fourth-order valence-corrected chi connectivity index (χ4v) is 3.01. The van der Waals surface area contributed by atoms with E-state index in [9.17, 15) is 0 Å². The van der Waals surface area contributed by atoms with Crippen LogP contribution in [-0.2, 0) is 10.3 Å². The largest absolute Gasteiger partial charge is 0.383 e. The van der Waals surface area contributed by atoms with E-state index in [-0.39, 0.29) is 5.54 Å². The molecule has 0 aliphatic heterocycles. The van der Waals surface area contributed by atoms with Gasteiger partial charge in [0.05, 0.1) is 17.8 Å². The van der Waals surface area contributed by atoms with E-state index in [4.69, 9.17) is 22.1 Å². The van der Waals surface area contributed by atoms with Gasteiger partial charge in [0.25, 0.3) is 0 Å². The molecule has 1 aliphatic rings. The molecule has 0 spiro atoms. The smallest absolute Gasteiger partial charge is 0.132 e. The van der Waals surface area contributed by atoms with Crippen LogP contribution in [0, 0.1) is 0 Å². The van der Waals surface area contributed by atoms with Crippen LogP contribution in [0.3, 0.4) is 0 Å². The Bertz CT molecular complexity index is 435. The summed E-state index contributed by atoms with van der Waals surface area (Å²) in [6.45, 7) is 2.86. The van der Waals surface area contributed by atoms with Gasteiger partial charge in [-0.3, -0.25) is 0 Å². The second-order valence-electron chi connectivity index (χ2n) is 5.68. The number of aromatic nitrogens is 2. The summed E-state index contributed by atoms with van der Waals surface area (Å²) in [5.41, 5.74) is 6.97. The Kier molecular flexibility index (Phi) is 5.32. The fourth-order valence-electron chi connectivity index (χ4n) is 2.86. The van der Waals surface area contributed by atoms with Gasteiger partial charge in [0.2, 0.25) is 0 Å². The quantitative estimate of drug-likeness (QED) is 0.812. The lowest BCUT2D eigenvalue weighted by atomic mass is 9.78. The lowest BCUT2D eigenvalue weighted by Crippen LogP contribution is -2.48. The summed E-state index contributed by atoms with van der Waals surface area (Å²) in [7, 11) is 1.73. The van der Waals surface area contributed by atoms with Crippen molar-refractivity contribution in [3.05, 3.63) is 23.2 Å². The highest BCUT2D eigenvalue weighted by Gasteiger charge is 2.34. The van der Waals surface area contributed by atoms with E-state index >= 15 is 0 Å². The molecule has 1 atom stereocenters. The highest BCUT2D eigenvalue weighted by Crippen LogP contribution is 2.34. The molecule has 1 fully saturated rings. The number of nitrogens with two attached hydrogens (primary N) is 1. The third-order valence-electron chi connectivity index (χ3n) is 3.96. The molecule has 1 aromatic rings. The molecular weight excluding hydrogens is 276 g/mol. The van der Waals surface area contributed by atoms with Gasteiger partial charge in [-0.05, 0) is 38.7 Å². The van der Waals surface area contributed by atoms with Crippen LogP contribution < -0.4 is 11.1 Å². The number of methoxy groups -OCH3 is 1. The molecule has 0 bridgehead atoms. The van der Waals surface area contributed by atoms with Crippen molar-refractivity contribution >= 4 is 11.6 Å². The Morgan fingerprint density at radius 2 is 2.20 bits per heavy atom. The van der Waals surface area contributed by atoms with Crippen LogP contribution in [0.2, 0.25) is 5.15 Å². The van der Waals surface area contributed by atoms with E-state index in [0.717, 1.165) is 38.0 Å². The van der Waals surface area contributed by atoms with Crippen molar-refractivity contribution in [1.82, 2.24) is 15.3 Å². The summed E-state index contributed by atoms with van der Waals surface area (Å²) in [4.78, 5) is 8.20. The van der Waals surface area contributed by atoms with Crippen molar-refractivity contribution < 1.29 is 4.74 Å². The fraction of sp³-hybridized carbons (Fsp3) is 0.714. The van der Waals surface area contributed by atoms with Crippen LogP contribution in [-0.4, -0.2) is 35.8 Å². The third kappa shape index (κ3) is 3.88. The Morgan fingerprint density at radius 3 is 2.80 bits per heavy atom. The van der Waals surface area contributed by atoms with E-state index in [1.165, 1.54) is 6.33 Å². The van der Waals surface area contributed by atoms with E-state index in [2.05, 4.69) is 22.2 Å². The van der Waals surface area contributed by atoms with Gasteiger partial charge in [-0.1, -0.05) is 11.6 Å². The molecule has 1 aliphatic carbocycles. The third-order valence-corrected chi connectivity index (χ3v) is 4.17. The van der Waals surface area contributed by atoms with Gasteiger partial charge in [0.1, 0.15) is 11.5 Å². The standard InChI is InChI=1S/C14H23ClN4O/c1-10(8-20-2)19-11-3-5-14(16,6-4-11)12-7-13(15)18-9-17-12/h7,9-11,19H,3-6,8,16H2,1-2H3. The minimum Gasteiger partial charge on any atom is -0.383 e. The first-order valence-corrected chi connectivity index (χ1v) is 7.43. The van der Waals surface area contributed by atoms with Gasteiger partial charge in [-0.15, -0.1) is 0 Å². The summed E-state index contributed by atoms with van der Waals surface area (Å²) < 4.78 is 5.15. The van der Waals surface area contributed by atoms with Gasteiger partial charge in [-0.2, -0.15) is 0 Å². The normalized spacial score (nSPS) is 28.3. The van der Waals surface area contributed by atoms with Crippen LogP contribution in [0.5, 0.6) is 0 Å². The first-order chi connectivity index (χ1) is 9.53. The summed E-state index contributed by atoms with van der Waals surface area (Å²) in [5.74, 6) is 0. The first-order valence-electron chi connectivity index (χ1n) is 7.05. The molecule has 3 N–H and O–H groups in total. The van der Waals surface area contributed by atoms with E-state index in [0.29, 0.717) is 17.2 Å². The maximum absolute atomic E-state index is 6.50. The van der Waals surface area contributed by atoms with Crippen molar-refractivity contribution in [1.29, 1.82) is 0 Å². The first kappa shape index (κ1) is 15.6. The molecule has 6 heteroatoms. The van der Waals surface area contributed by atoms with E-state index in [1.807, 2.05) is 0 Å². The highest BCUT2D eigenvalue weighted by molar-refractivity contribution is 6.29. The number of hydrogen-bond donors (Lipinski definition) is 2. The van der Waals surface area contributed by atoms with Crippen LogP contribution in [0.15, 0.2) is 12.4 Å². The Morgan fingerprint density at radius 1 is 1.50 bits per heavy atom. The molecule has 112 valence electrons. The molecule has 5 nitrogen and oxygen atoms in total. The average Bonchev–Trinajstić information content (AvgIpc) is 2.42. The monoisotopic (exact) mass is 298 g/mol. The highest BCUT2D eigenvalue weighted by atomic mass is 35.5. The number of ether oxygens (including phenoxy) is 1. The second kappa shape index (κ2) is 6.80. The maximum Gasteiger partial charge on any atom is 0.132 e. The Hall–Kier alpha value is -0.750. The molecule has 0 aromatic carbocycles. The molecule has 1 unspecified atom stereocenters. The minimum absolute atomic E-state index is 0.365. The van der Waals surface area contributed by atoms with Gasteiger partial charge in [-0.25, -0.2) is 9.97 Å². The van der Waals surface area contributed by atoms with Gasteiger partial charge in [0, 0.05) is 19.2 Å². The van der Waals surface area contributed by atoms with Crippen molar-refractivity contribution in [2.24, 2.45) is 5.73 Å². The van der Waals surface area contributed by atoms with Crippen LogP contribution >= 0.6 is 11.6 Å². The number of nitrogens with one attached hydrogen (secondary N) is 1. The predicted molar refractivity (Wildman–Crippen MR) is 79.6 cm³/mol.